The number of carbonyl (C=O) groups is 1. The number of alkyl halides is 1. The summed E-state index contributed by atoms with van der Waals surface area (Å²) in [4.78, 5) is 13.8. The second-order valence-electron chi connectivity index (χ2n) is 10.1. The average Bonchev–Trinajstić information content (AvgIpc) is 2.91. The standard InChI is InChI=1S/C32H33ClO2SeSi/c1-32(2,3)37(27-20-12-6-13-21-27,28-22-14-7-15-23-28)35-30(34)24-29(33)31(25-16-8-4-9-17-25)36-26-18-10-5-11-19-26/h4-23,29,31H,24H2,1-3H3/t29-,31+/m1/s1. The molecule has 0 N–H and O–H groups in total. The van der Waals surface area contributed by atoms with Crippen LogP contribution >= 0.6 is 11.6 Å². The van der Waals surface area contributed by atoms with Crippen molar-refractivity contribution in [3.63, 3.8) is 0 Å². The van der Waals surface area contributed by atoms with Crippen LogP contribution in [0.4, 0.5) is 0 Å². The van der Waals surface area contributed by atoms with E-state index in [0.717, 1.165) is 15.9 Å². The van der Waals surface area contributed by atoms with E-state index in [1.54, 1.807) is 0 Å². The molecular formula is C32H33ClO2SeSi. The Morgan fingerprint density at radius 1 is 0.757 bits per heavy atom. The van der Waals surface area contributed by atoms with Gasteiger partial charge in [0.05, 0.1) is 0 Å². The molecule has 37 heavy (non-hydrogen) atoms. The van der Waals surface area contributed by atoms with Crippen LogP contribution in [0.15, 0.2) is 121 Å². The van der Waals surface area contributed by atoms with Gasteiger partial charge in [-0.3, -0.25) is 0 Å². The summed E-state index contributed by atoms with van der Waals surface area (Å²) in [5.74, 6) is -0.237. The van der Waals surface area contributed by atoms with E-state index in [4.69, 9.17) is 16.0 Å². The van der Waals surface area contributed by atoms with Gasteiger partial charge in [-0.25, -0.2) is 0 Å². The number of hydrogen-bond acceptors (Lipinski definition) is 2. The maximum atomic E-state index is 13.8. The molecule has 0 saturated heterocycles. The van der Waals surface area contributed by atoms with Gasteiger partial charge in [-0.05, 0) is 0 Å². The third-order valence-corrected chi connectivity index (χ3v) is 15.1. The molecule has 4 aromatic rings. The molecule has 0 unspecified atom stereocenters. The predicted molar refractivity (Wildman–Crippen MR) is 159 cm³/mol. The number of benzene rings is 4. The van der Waals surface area contributed by atoms with Gasteiger partial charge < -0.3 is 0 Å². The van der Waals surface area contributed by atoms with Crippen molar-refractivity contribution >= 4 is 55.7 Å². The van der Waals surface area contributed by atoms with E-state index in [1.807, 2.05) is 60.7 Å². The molecule has 0 bridgehead atoms. The fourth-order valence-electron chi connectivity index (χ4n) is 4.77. The van der Waals surface area contributed by atoms with E-state index in [1.165, 1.54) is 4.46 Å². The molecule has 0 fully saturated rings. The number of carbonyl (C=O) groups excluding carboxylic acids is 1. The first kappa shape index (κ1) is 27.4. The summed E-state index contributed by atoms with van der Waals surface area (Å²) >= 11 is 7.15. The summed E-state index contributed by atoms with van der Waals surface area (Å²) in [7, 11) is -2.97. The van der Waals surface area contributed by atoms with E-state index < -0.39 is 8.32 Å². The normalized spacial score (nSPS) is 13.5. The monoisotopic (exact) mass is 592 g/mol. The molecule has 2 atom stereocenters. The van der Waals surface area contributed by atoms with Crippen molar-refractivity contribution in [1.29, 1.82) is 0 Å². The Morgan fingerprint density at radius 2 is 1.19 bits per heavy atom. The summed E-state index contributed by atoms with van der Waals surface area (Å²) in [5, 5.41) is 1.51. The first-order valence-corrected chi connectivity index (χ1v) is 16.7. The van der Waals surface area contributed by atoms with Crippen LogP contribution in [0.25, 0.3) is 0 Å². The molecule has 0 amide bonds. The van der Waals surface area contributed by atoms with E-state index >= 15 is 0 Å². The zero-order valence-electron chi connectivity index (χ0n) is 21.5. The van der Waals surface area contributed by atoms with Gasteiger partial charge in [-0.1, -0.05) is 0 Å². The van der Waals surface area contributed by atoms with Crippen LogP contribution in [0.3, 0.4) is 0 Å². The fraction of sp³-hybridized carbons (Fsp3) is 0.219. The molecule has 2 nitrogen and oxygen atoms in total. The summed E-state index contributed by atoms with van der Waals surface area (Å²) in [5.41, 5.74) is 1.16. The van der Waals surface area contributed by atoms with Gasteiger partial charge in [0.25, 0.3) is 0 Å². The third kappa shape index (κ3) is 6.45. The van der Waals surface area contributed by atoms with Gasteiger partial charge in [0.2, 0.25) is 0 Å². The number of hydrogen-bond donors (Lipinski definition) is 0. The summed E-state index contributed by atoms with van der Waals surface area (Å²) < 4.78 is 7.96. The second-order valence-corrected chi connectivity index (χ2v) is 17.5. The van der Waals surface area contributed by atoms with Crippen molar-refractivity contribution in [2.24, 2.45) is 0 Å². The summed E-state index contributed by atoms with van der Waals surface area (Å²) in [6.07, 6.45) is 0.153. The minimum atomic E-state index is -2.97. The molecular weight excluding hydrogens is 559 g/mol. The quantitative estimate of drug-likeness (QED) is 0.180. The molecule has 0 spiro atoms. The third-order valence-electron chi connectivity index (χ3n) is 6.51. The Balaban J connectivity index is 1.66. The predicted octanol–water partition coefficient (Wildman–Crippen LogP) is 5.86. The average molecular weight is 592 g/mol. The van der Waals surface area contributed by atoms with Gasteiger partial charge in [-0.2, -0.15) is 0 Å². The van der Waals surface area contributed by atoms with Gasteiger partial charge >= 0.3 is 234 Å². The minimum absolute atomic E-state index is 0.0458. The topological polar surface area (TPSA) is 26.3 Å². The molecule has 0 aromatic heterocycles. The van der Waals surface area contributed by atoms with Crippen molar-refractivity contribution < 1.29 is 9.22 Å². The van der Waals surface area contributed by atoms with Gasteiger partial charge in [0.1, 0.15) is 0 Å². The Bertz CT molecular complexity index is 1220. The molecule has 4 rings (SSSR count). The number of rotatable bonds is 9. The first-order valence-electron chi connectivity index (χ1n) is 12.5. The molecule has 0 aliphatic rings. The Kier molecular flexibility index (Phi) is 9.10. The molecule has 0 aliphatic carbocycles. The molecule has 0 saturated carbocycles. The zero-order chi connectivity index (χ0) is 26.3. The van der Waals surface area contributed by atoms with Crippen LogP contribution < -0.4 is 14.8 Å². The fourth-order valence-corrected chi connectivity index (χ4v) is 12.1. The summed E-state index contributed by atoms with van der Waals surface area (Å²) in [6.45, 7) is 6.53. The van der Waals surface area contributed by atoms with Crippen LogP contribution in [-0.4, -0.2) is 34.6 Å². The Hall–Kier alpha value is -2.62. The van der Waals surface area contributed by atoms with Crippen molar-refractivity contribution in [1.82, 2.24) is 0 Å². The SMILES string of the molecule is CC(C)(C)[Si](OC(=O)C[C@@H](Cl)[C@@H]([Se]c1ccccc1)c1ccccc1)(c1ccccc1)c1ccccc1. The van der Waals surface area contributed by atoms with E-state index in [9.17, 15) is 4.79 Å². The zero-order valence-corrected chi connectivity index (χ0v) is 25.0. The molecule has 4 aromatic carbocycles. The number of halogens is 1. The van der Waals surface area contributed by atoms with Crippen LogP contribution in [0.2, 0.25) is 5.04 Å². The van der Waals surface area contributed by atoms with Crippen LogP contribution in [-0.2, 0) is 9.22 Å². The maximum absolute atomic E-state index is 13.8. The van der Waals surface area contributed by atoms with Crippen molar-refractivity contribution in [3.05, 3.63) is 127 Å². The van der Waals surface area contributed by atoms with Crippen LogP contribution in [0.5, 0.6) is 0 Å². The van der Waals surface area contributed by atoms with Gasteiger partial charge in [0.15, 0.2) is 0 Å². The molecule has 190 valence electrons. The van der Waals surface area contributed by atoms with E-state index in [-0.39, 0.29) is 42.6 Å². The van der Waals surface area contributed by atoms with Crippen LogP contribution in [0.1, 0.15) is 37.6 Å². The van der Waals surface area contributed by atoms with Crippen molar-refractivity contribution in [2.75, 3.05) is 0 Å². The van der Waals surface area contributed by atoms with E-state index in [0.29, 0.717) is 0 Å². The molecule has 0 heterocycles. The van der Waals surface area contributed by atoms with Crippen LogP contribution in [0, 0.1) is 0 Å². The Morgan fingerprint density at radius 3 is 1.65 bits per heavy atom. The summed E-state index contributed by atoms with van der Waals surface area (Å²) in [6, 6.07) is 41.2. The van der Waals surface area contributed by atoms with Crippen molar-refractivity contribution in [2.45, 2.75) is 42.4 Å². The first-order chi connectivity index (χ1) is 17.8. The van der Waals surface area contributed by atoms with Gasteiger partial charge in [-0.15, -0.1) is 0 Å². The molecule has 0 radical (unpaired) electrons. The van der Waals surface area contributed by atoms with Gasteiger partial charge in [0, 0.05) is 0 Å². The Labute approximate surface area is 233 Å². The molecule has 5 heteroatoms. The van der Waals surface area contributed by atoms with Crippen molar-refractivity contribution in [3.8, 4) is 0 Å². The molecule has 0 aliphatic heterocycles. The van der Waals surface area contributed by atoms with E-state index in [2.05, 4.69) is 81.4 Å². The second kappa shape index (κ2) is 12.3.